The van der Waals surface area contributed by atoms with E-state index in [0.717, 1.165) is 12.8 Å². The summed E-state index contributed by atoms with van der Waals surface area (Å²) in [7, 11) is 0. The topological polar surface area (TPSA) is 55.8 Å². The molecule has 1 aromatic rings. The fraction of sp³-hybridized carbons (Fsp3) is 0.462. The quantitative estimate of drug-likeness (QED) is 0.611. The van der Waals surface area contributed by atoms with Crippen LogP contribution in [-0.2, 0) is 4.74 Å². The van der Waals surface area contributed by atoms with Crippen molar-refractivity contribution in [3.8, 4) is 11.5 Å². The summed E-state index contributed by atoms with van der Waals surface area (Å²) in [5.41, 5.74) is 0.140. The minimum atomic E-state index is -0.536. The molecule has 94 valence electrons. The van der Waals surface area contributed by atoms with Crippen molar-refractivity contribution < 1.29 is 19.4 Å². The van der Waals surface area contributed by atoms with Crippen LogP contribution in [0.15, 0.2) is 18.2 Å². The molecule has 4 heteroatoms. The molecule has 0 heterocycles. The van der Waals surface area contributed by atoms with Gasteiger partial charge in [-0.15, -0.1) is 0 Å². The van der Waals surface area contributed by atoms with Crippen LogP contribution in [0.5, 0.6) is 11.5 Å². The second-order valence-electron chi connectivity index (χ2n) is 3.60. The first-order chi connectivity index (χ1) is 8.19. The number of aromatic hydroxyl groups is 1. The lowest BCUT2D eigenvalue weighted by Gasteiger charge is -2.08. The second kappa shape index (κ2) is 6.78. The van der Waals surface area contributed by atoms with Crippen molar-refractivity contribution in [1.29, 1.82) is 0 Å². The van der Waals surface area contributed by atoms with Crippen LogP contribution in [0, 0.1) is 0 Å². The first-order valence-corrected chi connectivity index (χ1v) is 5.82. The number of carbonyl (C=O) groups excluding carboxylic acids is 1. The molecule has 0 aliphatic heterocycles. The fourth-order valence-electron chi connectivity index (χ4n) is 1.31. The minimum Gasteiger partial charge on any atom is -0.507 e. The van der Waals surface area contributed by atoms with Gasteiger partial charge in [0.1, 0.15) is 17.1 Å². The molecule has 0 aliphatic carbocycles. The van der Waals surface area contributed by atoms with Crippen LogP contribution >= 0.6 is 0 Å². The Bertz CT molecular complexity index is 374. The molecule has 1 aromatic carbocycles. The van der Waals surface area contributed by atoms with Crippen LogP contribution < -0.4 is 4.74 Å². The van der Waals surface area contributed by atoms with E-state index in [9.17, 15) is 9.90 Å². The zero-order valence-corrected chi connectivity index (χ0v) is 10.2. The number of hydrogen-bond acceptors (Lipinski definition) is 4. The van der Waals surface area contributed by atoms with Crippen LogP contribution in [0.4, 0.5) is 0 Å². The van der Waals surface area contributed by atoms with Gasteiger partial charge in [0.15, 0.2) is 0 Å². The summed E-state index contributed by atoms with van der Waals surface area (Å²) >= 11 is 0. The van der Waals surface area contributed by atoms with Gasteiger partial charge in [-0.3, -0.25) is 0 Å². The van der Waals surface area contributed by atoms with Crippen molar-refractivity contribution in [3.63, 3.8) is 0 Å². The summed E-state index contributed by atoms with van der Waals surface area (Å²) in [5.74, 6) is -0.0588. The largest absolute Gasteiger partial charge is 0.507 e. The normalized spacial score (nSPS) is 10.0. The molecule has 0 radical (unpaired) electrons. The molecule has 0 unspecified atom stereocenters. The predicted octanol–water partition coefficient (Wildman–Crippen LogP) is 2.75. The number of carbonyl (C=O) groups is 1. The SMILES string of the molecule is CCCCOc1ccc(O)c(C(=O)OCC)c1. The number of phenolic OH excluding ortho intramolecular Hbond substituents is 1. The highest BCUT2D eigenvalue weighted by Gasteiger charge is 2.13. The lowest BCUT2D eigenvalue weighted by molar-refractivity contribution is 0.0522. The maximum absolute atomic E-state index is 11.5. The Balaban J connectivity index is 2.75. The molecule has 0 atom stereocenters. The predicted molar refractivity (Wildman–Crippen MR) is 64.5 cm³/mol. The Hall–Kier alpha value is -1.71. The van der Waals surface area contributed by atoms with Crippen molar-refractivity contribution in [2.75, 3.05) is 13.2 Å². The molecule has 0 saturated heterocycles. The maximum Gasteiger partial charge on any atom is 0.342 e. The van der Waals surface area contributed by atoms with E-state index in [-0.39, 0.29) is 17.9 Å². The van der Waals surface area contributed by atoms with Gasteiger partial charge >= 0.3 is 5.97 Å². The van der Waals surface area contributed by atoms with Crippen LogP contribution in [0.3, 0.4) is 0 Å². The van der Waals surface area contributed by atoms with Gasteiger partial charge in [-0.25, -0.2) is 4.79 Å². The average molecular weight is 238 g/mol. The molecule has 0 bridgehead atoms. The number of phenols is 1. The molecule has 1 rings (SSSR count). The van der Waals surface area contributed by atoms with Gasteiger partial charge in [-0.05, 0) is 31.5 Å². The van der Waals surface area contributed by atoms with Gasteiger partial charge in [0.25, 0.3) is 0 Å². The van der Waals surface area contributed by atoms with Gasteiger partial charge in [0.05, 0.1) is 13.2 Å². The lowest BCUT2D eigenvalue weighted by Crippen LogP contribution is -2.05. The zero-order valence-electron chi connectivity index (χ0n) is 10.2. The van der Waals surface area contributed by atoms with Crippen LogP contribution in [0.1, 0.15) is 37.0 Å². The number of esters is 1. The standard InChI is InChI=1S/C13H18O4/c1-3-5-8-17-10-6-7-12(14)11(9-10)13(15)16-4-2/h6-7,9,14H,3-5,8H2,1-2H3. The van der Waals surface area contributed by atoms with Gasteiger partial charge in [0, 0.05) is 0 Å². The summed E-state index contributed by atoms with van der Waals surface area (Å²) in [5, 5.41) is 9.55. The summed E-state index contributed by atoms with van der Waals surface area (Å²) < 4.78 is 10.3. The highest BCUT2D eigenvalue weighted by Crippen LogP contribution is 2.24. The van der Waals surface area contributed by atoms with Crippen LogP contribution in [0.2, 0.25) is 0 Å². The van der Waals surface area contributed by atoms with E-state index >= 15 is 0 Å². The number of unbranched alkanes of at least 4 members (excludes halogenated alkanes) is 1. The highest BCUT2D eigenvalue weighted by molar-refractivity contribution is 5.92. The monoisotopic (exact) mass is 238 g/mol. The summed E-state index contributed by atoms with van der Waals surface area (Å²) in [6.07, 6.45) is 2.00. The third kappa shape index (κ3) is 3.98. The van der Waals surface area contributed by atoms with Crippen molar-refractivity contribution in [1.82, 2.24) is 0 Å². The van der Waals surface area contributed by atoms with Crippen LogP contribution in [-0.4, -0.2) is 24.3 Å². The fourth-order valence-corrected chi connectivity index (χ4v) is 1.31. The molecule has 0 spiro atoms. The maximum atomic E-state index is 11.5. The summed E-state index contributed by atoms with van der Waals surface area (Å²) in [4.78, 5) is 11.5. The summed E-state index contributed by atoms with van der Waals surface area (Å²) in [6.45, 7) is 4.67. The van der Waals surface area contributed by atoms with Gasteiger partial charge in [-0.1, -0.05) is 13.3 Å². The summed E-state index contributed by atoms with van der Waals surface area (Å²) in [6, 6.07) is 4.57. The van der Waals surface area contributed by atoms with Crippen molar-refractivity contribution >= 4 is 5.97 Å². The molecule has 0 fully saturated rings. The molecule has 0 amide bonds. The molecule has 0 aromatic heterocycles. The van der Waals surface area contributed by atoms with E-state index in [0.29, 0.717) is 12.4 Å². The smallest absolute Gasteiger partial charge is 0.342 e. The highest BCUT2D eigenvalue weighted by atomic mass is 16.5. The lowest BCUT2D eigenvalue weighted by atomic mass is 10.2. The van der Waals surface area contributed by atoms with E-state index in [1.54, 1.807) is 13.0 Å². The first-order valence-electron chi connectivity index (χ1n) is 5.82. The third-order valence-corrected chi connectivity index (χ3v) is 2.23. The zero-order chi connectivity index (χ0) is 12.7. The molecule has 0 aliphatic rings. The Morgan fingerprint density at radius 1 is 1.35 bits per heavy atom. The van der Waals surface area contributed by atoms with Gasteiger partial charge in [-0.2, -0.15) is 0 Å². The van der Waals surface area contributed by atoms with Crippen molar-refractivity contribution in [2.24, 2.45) is 0 Å². The van der Waals surface area contributed by atoms with E-state index in [2.05, 4.69) is 6.92 Å². The van der Waals surface area contributed by atoms with E-state index in [1.165, 1.54) is 12.1 Å². The number of hydrogen-bond donors (Lipinski definition) is 1. The number of ether oxygens (including phenoxy) is 2. The van der Waals surface area contributed by atoms with Crippen LogP contribution in [0.25, 0.3) is 0 Å². The van der Waals surface area contributed by atoms with E-state index < -0.39 is 5.97 Å². The molecular weight excluding hydrogens is 220 g/mol. The van der Waals surface area contributed by atoms with E-state index in [1.807, 2.05) is 0 Å². The Morgan fingerprint density at radius 3 is 2.76 bits per heavy atom. The Labute approximate surface area is 101 Å². The van der Waals surface area contributed by atoms with Crippen molar-refractivity contribution in [3.05, 3.63) is 23.8 Å². The molecule has 4 nitrogen and oxygen atoms in total. The number of benzene rings is 1. The Kier molecular flexibility index (Phi) is 5.33. The molecular formula is C13H18O4. The Morgan fingerprint density at radius 2 is 2.12 bits per heavy atom. The van der Waals surface area contributed by atoms with Gasteiger partial charge in [0.2, 0.25) is 0 Å². The molecule has 1 N–H and O–H groups in total. The van der Waals surface area contributed by atoms with Gasteiger partial charge < -0.3 is 14.6 Å². The average Bonchev–Trinajstić information content (AvgIpc) is 2.32. The first kappa shape index (κ1) is 13.4. The third-order valence-electron chi connectivity index (χ3n) is 2.23. The van der Waals surface area contributed by atoms with E-state index in [4.69, 9.17) is 9.47 Å². The minimum absolute atomic E-state index is 0.0914. The second-order valence-corrected chi connectivity index (χ2v) is 3.60. The molecule has 0 saturated carbocycles. The molecule has 17 heavy (non-hydrogen) atoms. The number of rotatable bonds is 6. The van der Waals surface area contributed by atoms with Crippen molar-refractivity contribution in [2.45, 2.75) is 26.7 Å².